The number of nitrogens with two attached hydrogens (primary N) is 2. The van der Waals surface area contributed by atoms with Crippen LogP contribution >= 0.6 is 0 Å². The van der Waals surface area contributed by atoms with E-state index in [1.54, 1.807) is 50.6 Å². The summed E-state index contributed by atoms with van der Waals surface area (Å²) in [6.07, 6.45) is 0. The van der Waals surface area contributed by atoms with Crippen molar-refractivity contribution < 1.29 is 14.3 Å². The van der Waals surface area contributed by atoms with Crippen molar-refractivity contribution in [3.8, 4) is 11.5 Å². The van der Waals surface area contributed by atoms with Crippen LogP contribution in [-0.2, 0) is 0 Å². The van der Waals surface area contributed by atoms with E-state index in [1.807, 2.05) is 35.2 Å². The van der Waals surface area contributed by atoms with E-state index < -0.39 is 5.56 Å². The Kier molecular flexibility index (Phi) is 7.09. The van der Waals surface area contributed by atoms with E-state index in [4.69, 9.17) is 20.9 Å². The number of carbonyl (C=O) groups excluding carboxylic acids is 1. The lowest BCUT2D eigenvalue weighted by Crippen LogP contribution is -2.48. The molecule has 10 heteroatoms. The number of aromatic amines is 1. The molecule has 1 amide bonds. The van der Waals surface area contributed by atoms with Gasteiger partial charge in [0.2, 0.25) is 0 Å². The van der Waals surface area contributed by atoms with E-state index in [2.05, 4.69) is 14.9 Å². The van der Waals surface area contributed by atoms with Crippen molar-refractivity contribution in [3.05, 3.63) is 93.9 Å². The van der Waals surface area contributed by atoms with Gasteiger partial charge in [-0.2, -0.15) is 0 Å². The third-order valence-electron chi connectivity index (χ3n) is 6.83. The van der Waals surface area contributed by atoms with Gasteiger partial charge >= 0.3 is 0 Å². The number of methoxy groups -OCH3 is 2. The molecule has 10 nitrogen and oxygen atoms in total. The number of anilines is 1. The number of hydrogen-bond acceptors (Lipinski definition) is 8. The first-order chi connectivity index (χ1) is 18.9. The summed E-state index contributed by atoms with van der Waals surface area (Å²) in [6.45, 7) is 2.42. The average molecular weight is 527 g/mol. The summed E-state index contributed by atoms with van der Waals surface area (Å²) in [5.74, 6) is 1.32. The number of hydrogen-bond donors (Lipinski definition) is 3. The number of ether oxygens (including phenoxy) is 2. The second kappa shape index (κ2) is 10.8. The van der Waals surface area contributed by atoms with Gasteiger partial charge in [0.05, 0.1) is 36.6 Å². The Labute approximate surface area is 225 Å². The number of amides is 1. The van der Waals surface area contributed by atoms with Crippen LogP contribution < -0.4 is 31.4 Å². The van der Waals surface area contributed by atoms with Crippen LogP contribution in [0.2, 0.25) is 0 Å². The van der Waals surface area contributed by atoms with E-state index >= 15 is 0 Å². The van der Waals surface area contributed by atoms with E-state index in [1.165, 1.54) is 0 Å². The van der Waals surface area contributed by atoms with Gasteiger partial charge in [0.15, 0.2) is 5.69 Å². The number of piperazine rings is 1. The second-order valence-electron chi connectivity index (χ2n) is 9.19. The maximum absolute atomic E-state index is 13.4. The third kappa shape index (κ3) is 5.22. The van der Waals surface area contributed by atoms with Crippen LogP contribution in [0.5, 0.6) is 11.5 Å². The molecule has 0 bridgehead atoms. The smallest absolute Gasteiger partial charge is 0.276 e. The maximum Gasteiger partial charge on any atom is 0.276 e. The highest BCUT2D eigenvalue weighted by atomic mass is 16.5. The van der Waals surface area contributed by atoms with Gasteiger partial charge in [-0.15, -0.1) is 0 Å². The SMILES string of the molecule is COc1cc(OC)cc(N2CCN(C(=O)c3cccc(/C(N)=C(\N)c4nc5ccccc5[nH]c4=O)c3)CC2)c1. The van der Waals surface area contributed by atoms with Crippen LogP contribution in [0.15, 0.2) is 71.5 Å². The number of aromatic nitrogens is 2. The summed E-state index contributed by atoms with van der Waals surface area (Å²) in [6, 6.07) is 19.9. The number of nitrogens with zero attached hydrogens (tertiary/aromatic N) is 3. The van der Waals surface area contributed by atoms with Gasteiger partial charge in [-0.3, -0.25) is 9.59 Å². The van der Waals surface area contributed by atoms with Crippen molar-refractivity contribution in [1.29, 1.82) is 0 Å². The maximum atomic E-state index is 13.4. The van der Waals surface area contributed by atoms with Gasteiger partial charge in [-0.05, 0) is 24.3 Å². The fraction of sp³-hybridized carbons (Fsp3) is 0.207. The number of carbonyl (C=O) groups is 1. The highest BCUT2D eigenvalue weighted by Gasteiger charge is 2.24. The Morgan fingerprint density at radius 1 is 0.846 bits per heavy atom. The first-order valence-corrected chi connectivity index (χ1v) is 12.5. The van der Waals surface area contributed by atoms with Crippen molar-refractivity contribution in [1.82, 2.24) is 14.9 Å². The molecule has 5 rings (SSSR count). The molecular formula is C29H30N6O4. The Bertz CT molecular complexity index is 1600. The molecule has 0 atom stereocenters. The molecule has 39 heavy (non-hydrogen) atoms. The summed E-state index contributed by atoms with van der Waals surface area (Å²) >= 11 is 0. The molecule has 3 aromatic carbocycles. The molecular weight excluding hydrogens is 496 g/mol. The normalized spacial score (nSPS) is 14.2. The van der Waals surface area contributed by atoms with Gasteiger partial charge in [-0.1, -0.05) is 24.3 Å². The number of fused-ring (bicyclic) bond motifs is 1. The summed E-state index contributed by atoms with van der Waals surface area (Å²) in [7, 11) is 3.24. The summed E-state index contributed by atoms with van der Waals surface area (Å²) in [5.41, 5.74) is 15.7. The molecule has 2 heterocycles. The highest BCUT2D eigenvalue weighted by molar-refractivity contribution is 5.96. The molecule has 200 valence electrons. The molecule has 0 radical (unpaired) electrons. The minimum Gasteiger partial charge on any atom is -0.497 e. The summed E-state index contributed by atoms with van der Waals surface area (Å²) in [5, 5.41) is 0. The topological polar surface area (TPSA) is 140 Å². The lowest BCUT2D eigenvalue weighted by molar-refractivity contribution is 0.0746. The largest absolute Gasteiger partial charge is 0.497 e. The number of para-hydroxylation sites is 2. The predicted octanol–water partition coefficient (Wildman–Crippen LogP) is 2.65. The van der Waals surface area contributed by atoms with Crippen molar-refractivity contribution in [2.75, 3.05) is 45.3 Å². The van der Waals surface area contributed by atoms with Gasteiger partial charge in [-0.25, -0.2) is 4.98 Å². The molecule has 1 aliphatic rings. The van der Waals surface area contributed by atoms with Crippen LogP contribution in [0.1, 0.15) is 21.6 Å². The molecule has 4 aromatic rings. The van der Waals surface area contributed by atoms with Crippen LogP contribution in [0, 0.1) is 0 Å². The minimum absolute atomic E-state index is 0.0354. The van der Waals surface area contributed by atoms with Gasteiger partial charge in [0, 0.05) is 61.2 Å². The molecule has 0 spiro atoms. The number of H-pyrrole nitrogens is 1. The Morgan fingerprint density at radius 3 is 2.21 bits per heavy atom. The number of benzene rings is 3. The quantitative estimate of drug-likeness (QED) is 0.348. The van der Waals surface area contributed by atoms with Crippen molar-refractivity contribution in [2.24, 2.45) is 11.5 Å². The van der Waals surface area contributed by atoms with Crippen molar-refractivity contribution in [3.63, 3.8) is 0 Å². The number of nitrogens with one attached hydrogen (secondary N) is 1. The van der Waals surface area contributed by atoms with Gasteiger partial charge in [0.25, 0.3) is 11.5 Å². The molecule has 1 aliphatic heterocycles. The van der Waals surface area contributed by atoms with Crippen LogP contribution in [0.3, 0.4) is 0 Å². The molecule has 0 unspecified atom stereocenters. The summed E-state index contributed by atoms with van der Waals surface area (Å²) in [4.78, 5) is 37.2. The van der Waals surface area contributed by atoms with Gasteiger partial charge in [0.1, 0.15) is 11.5 Å². The average Bonchev–Trinajstić information content (AvgIpc) is 2.99. The highest BCUT2D eigenvalue weighted by Crippen LogP contribution is 2.29. The van der Waals surface area contributed by atoms with E-state index in [-0.39, 0.29) is 23.0 Å². The lowest BCUT2D eigenvalue weighted by atomic mass is 10.0. The van der Waals surface area contributed by atoms with Gasteiger partial charge < -0.3 is 35.7 Å². The second-order valence-corrected chi connectivity index (χ2v) is 9.19. The van der Waals surface area contributed by atoms with E-state index in [9.17, 15) is 9.59 Å². The van der Waals surface area contributed by atoms with E-state index in [0.717, 1.165) is 5.69 Å². The zero-order valence-corrected chi connectivity index (χ0v) is 21.8. The molecule has 1 aromatic heterocycles. The zero-order chi connectivity index (χ0) is 27.5. The third-order valence-corrected chi connectivity index (χ3v) is 6.83. The first kappa shape index (κ1) is 25.7. The molecule has 1 fully saturated rings. The zero-order valence-electron chi connectivity index (χ0n) is 21.8. The Balaban J connectivity index is 1.34. The van der Waals surface area contributed by atoms with Crippen molar-refractivity contribution in [2.45, 2.75) is 0 Å². The molecule has 5 N–H and O–H groups in total. The Hall–Kier alpha value is -4.99. The molecule has 0 aliphatic carbocycles. The molecule has 1 saturated heterocycles. The van der Waals surface area contributed by atoms with E-state index in [0.29, 0.717) is 59.8 Å². The fourth-order valence-electron chi connectivity index (χ4n) is 4.64. The Morgan fingerprint density at radius 2 is 1.51 bits per heavy atom. The van der Waals surface area contributed by atoms with Crippen LogP contribution in [0.4, 0.5) is 5.69 Å². The van der Waals surface area contributed by atoms with Crippen LogP contribution in [-0.4, -0.2) is 61.2 Å². The standard InChI is InChI=1S/C29H30N6O4/c1-38-21-15-20(16-22(17-21)39-2)34-10-12-35(13-11-34)29(37)19-7-5-6-18(14-19)25(30)26(31)27-28(36)33-24-9-4-3-8-23(24)32-27/h3-9,14-17H,10-13,30-31H2,1-2H3,(H,33,36)/b26-25+. The van der Waals surface area contributed by atoms with Crippen LogP contribution in [0.25, 0.3) is 22.4 Å². The lowest BCUT2D eigenvalue weighted by Gasteiger charge is -2.36. The monoisotopic (exact) mass is 526 g/mol. The fourth-order valence-corrected chi connectivity index (χ4v) is 4.64. The first-order valence-electron chi connectivity index (χ1n) is 12.5. The summed E-state index contributed by atoms with van der Waals surface area (Å²) < 4.78 is 10.8. The molecule has 0 saturated carbocycles. The van der Waals surface area contributed by atoms with Crippen molar-refractivity contribution >= 4 is 34.0 Å². The predicted molar refractivity (Wildman–Crippen MR) is 152 cm³/mol. The number of rotatable bonds is 6. The minimum atomic E-state index is -0.437.